The van der Waals surface area contributed by atoms with Crippen LogP contribution in [0.2, 0.25) is 0 Å². The van der Waals surface area contributed by atoms with Gasteiger partial charge >= 0.3 is 6.18 Å². The molecule has 4 rings (SSSR count). The smallest absolute Gasteiger partial charge is 0.341 e. The van der Waals surface area contributed by atoms with E-state index in [1.165, 1.54) is 18.3 Å². The van der Waals surface area contributed by atoms with E-state index in [1.54, 1.807) is 6.07 Å². The highest BCUT2D eigenvalue weighted by Gasteiger charge is 2.30. The molecule has 3 heterocycles. The summed E-state index contributed by atoms with van der Waals surface area (Å²) >= 11 is 0. The summed E-state index contributed by atoms with van der Waals surface area (Å²) in [5.74, 6) is 0.712. The molecule has 0 amide bonds. The van der Waals surface area contributed by atoms with Crippen molar-refractivity contribution >= 4 is 28.4 Å². The number of piperidine rings is 1. The van der Waals surface area contributed by atoms with Crippen LogP contribution in [0.4, 0.5) is 30.6 Å². The summed E-state index contributed by atoms with van der Waals surface area (Å²) in [4.78, 5) is 28.5. The lowest BCUT2D eigenvalue weighted by Crippen LogP contribution is -2.42. The van der Waals surface area contributed by atoms with Gasteiger partial charge in [-0.05, 0) is 63.3 Å². The van der Waals surface area contributed by atoms with Crippen LogP contribution in [0, 0.1) is 0 Å². The van der Waals surface area contributed by atoms with Crippen molar-refractivity contribution in [1.29, 1.82) is 0 Å². The van der Waals surface area contributed by atoms with Gasteiger partial charge in [-0.1, -0.05) is 0 Å². The van der Waals surface area contributed by atoms with Crippen molar-refractivity contribution in [3.63, 3.8) is 0 Å². The molecule has 0 atom stereocenters. The molecule has 0 unspecified atom stereocenters. The van der Waals surface area contributed by atoms with Gasteiger partial charge in [-0.2, -0.15) is 18.2 Å². The fraction of sp³-hybridized carbons (Fsp3) is 0.381. The van der Waals surface area contributed by atoms with Crippen LogP contribution in [-0.4, -0.2) is 53.1 Å². The number of hydrogen-bond donors (Lipinski definition) is 2. The van der Waals surface area contributed by atoms with Crippen molar-refractivity contribution in [3.8, 4) is 0 Å². The summed E-state index contributed by atoms with van der Waals surface area (Å²) in [6.07, 6.45) is -0.975. The Bertz CT molecular complexity index is 1120. The van der Waals surface area contributed by atoms with Crippen LogP contribution in [0.15, 0.2) is 41.3 Å². The van der Waals surface area contributed by atoms with Crippen molar-refractivity contribution in [2.75, 3.05) is 37.4 Å². The molecule has 31 heavy (non-hydrogen) atoms. The first kappa shape index (κ1) is 21.1. The number of aromatic nitrogens is 3. The number of alkyl halides is 3. The maximum atomic E-state index is 12.9. The van der Waals surface area contributed by atoms with E-state index in [0.717, 1.165) is 38.1 Å². The molecule has 10 heteroatoms. The predicted molar refractivity (Wildman–Crippen MR) is 114 cm³/mol. The zero-order valence-corrected chi connectivity index (χ0v) is 17.2. The molecule has 1 aliphatic rings. The molecule has 1 aliphatic heterocycles. The Kier molecular flexibility index (Phi) is 5.57. The van der Waals surface area contributed by atoms with E-state index in [4.69, 9.17) is 0 Å². The van der Waals surface area contributed by atoms with E-state index >= 15 is 0 Å². The molecule has 1 fully saturated rings. The Labute approximate surface area is 176 Å². The predicted octanol–water partition coefficient (Wildman–Crippen LogP) is 3.61. The molecule has 0 aliphatic carbocycles. The van der Waals surface area contributed by atoms with Crippen molar-refractivity contribution < 1.29 is 13.2 Å². The van der Waals surface area contributed by atoms with Crippen molar-refractivity contribution in [1.82, 2.24) is 19.9 Å². The van der Waals surface area contributed by atoms with Gasteiger partial charge in [0.1, 0.15) is 11.2 Å². The molecule has 1 saturated heterocycles. The number of anilines is 3. The summed E-state index contributed by atoms with van der Waals surface area (Å²) in [5, 5.41) is 3.25. The fourth-order valence-electron chi connectivity index (χ4n) is 3.75. The molecule has 2 N–H and O–H groups in total. The van der Waals surface area contributed by atoms with E-state index in [2.05, 4.69) is 32.2 Å². The Morgan fingerprint density at radius 1 is 1.13 bits per heavy atom. The first-order chi connectivity index (χ1) is 14.7. The molecular weight excluding hydrogens is 409 g/mol. The van der Waals surface area contributed by atoms with Gasteiger partial charge in [0, 0.05) is 25.0 Å². The zero-order chi connectivity index (χ0) is 22.2. The van der Waals surface area contributed by atoms with Crippen LogP contribution in [0.5, 0.6) is 0 Å². The number of nitrogens with one attached hydrogen (secondary N) is 2. The van der Waals surface area contributed by atoms with Crippen LogP contribution >= 0.6 is 0 Å². The van der Waals surface area contributed by atoms with Gasteiger partial charge in [0.2, 0.25) is 5.95 Å². The lowest BCUT2D eigenvalue weighted by atomic mass is 10.0. The van der Waals surface area contributed by atoms with Gasteiger partial charge in [-0.15, -0.1) is 0 Å². The number of likely N-dealkylation sites (tertiary alicyclic amines) is 1. The molecule has 0 saturated carbocycles. The van der Waals surface area contributed by atoms with Gasteiger partial charge in [0.15, 0.2) is 0 Å². The molecule has 0 spiro atoms. The highest BCUT2D eigenvalue weighted by molar-refractivity contribution is 5.90. The van der Waals surface area contributed by atoms with E-state index in [1.807, 2.05) is 11.9 Å². The second kappa shape index (κ2) is 8.18. The minimum absolute atomic E-state index is 0.251. The molecule has 0 bridgehead atoms. The number of nitrogens with zero attached hydrogens (tertiary/aromatic N) is 4. The van der Waals surface area contributed by atoms with Crippen molar-refractivity contribution in [3.05, 3.63) is 52.4 Å². The van der Waals surface area contributed by atoms with Crippen LogP contribution in [0.1, 0.15) is 18.4 Å². The molecule has 2 aromatic heterocycles. The third-order valence-electron chi connectivity index (χ3n) is 5.63. The Hall–Kier alpha value is -3.14. The summed E-state index contributed by atoms with van der Waals surface area (Å²) in [7, 11) is 4.01. The van der Waals surface area contributed by atoms with Crippen molar-refractivity contribution in [2.24, 2.45) is 0 Å². The lowest BCUT2D eigenvalue weighted by molar-refractivity contribution is -0.137. The number of benzene rings is 1. The summed E-state index contributed by atoms with van der Waals surface area (Å²) in [5.41, 5.74) is -0.265. The topological polar surface area (TPSA) is 77.1 Å². The van der Waals surface area contributed by atoms with Crippen LogP contribution < -0.4 is 15.8 Å². The number of halogens is 3. The second-order valence-electron chi connectivity index (χ2n) is 7.78. The number of pyridine rings is 1. The van der Waals surface area contributed by atoms with Gasteiger partial charge in [0.05, 0.1) is 11.1 Å². The normalized spacial score (nSPS) is 15.9. The summed E-state index contributed by atoms with van der Waals surface area (Å²) in [6, 6.07) is 6.54. The Morgan fingerprint density at radius 3 is 2.45 bits per heavy atom. The van der Waals surface area contributed by atoms with Crippen molar-refractivity contribution in [2.45, 2.75) is 25.1 Å². The zero-order valence-electron chi connectivity index (χ0n) is 17.2. The largest absolute Gasteiger partial charge is 0.416 e. The Balaban J connectivity index is 1.70. The molecule has 0 radical (unpaired) electrons. The highest BCUT2D eigenvalue weighted by atomic mass is 19.4. The first-order valence-electron chi connectivity index (χ1n) is 9.97. The molecule has 7 nitrogen and oxygen atoms in total. The molecule has 164 valence electrons. The average molecular weight is 432 g/mol. The fourth-order valence-corrected chi connectivity index (χ4v) is 3.75. The summed E-state index contributed by atoms with van der Waals surface area (Å²) < 4.78 is 38.6. The van der Waals surface area contributed by atoms with Crippen LogP contribution in [0.3, 0.4) is 0 Å². The molecule has 1 aromatic carbocycles. The third-order valence-corrected chi connectivity index (χ3v) is 5.63. The monoisotopic (exact) mass is 432 g/mol. The highest BCUT2D eigenvalue weighted by Crippen LogP contribution is 2.31. The van der Waals surface area contributed by atoms with Crippen LogP contribution in [0.25, 0.3) is 10.9 Å². The molecule has 3 aromatic rings. The number of fused-ring (bicyclic) bond motifs is 1. The number of aromatic amines is 1. The van der Waals surface area contributed by atoms with E-state index in [9.17, 15) is 18.0 Å². The number of rotatable bonds is 4. The van der Waals surface area contributed by atoms with Gasteiger partial charge in [-0.25, -0.2) is 4.98 Å². The molecular formula is C21H23F3N6O. The minimum Gasteiger partial charge on any atom is -0.341 e. The minimum atomic E-state index is -4.42. The van der Waals surface area contributed by atoms with E-state index in [0.29, 0.717) is 17.2 Å². The standard InChI is InChI=1S/C21H23F3N6O/c1-29-11-8-15(9-12-29)30(2)20-27-16-7-10-25-19(31)17(16)18(28-20)26-14-5-3-13(4-6-14)21(22,23)24/h3-7,10,15H,8-9,11-12H2,1-2H3,(H,25,31)(H,26,27,28). The van der Waals surface area contributed by atoms with E-state index in [-0.39, 0.29) is 22.8 Å². The number of H-pyrrole nitrogens is 1. The first-order valence-corrected chi connectivity index (χ1v) is 9.97. The van der Waals surface area contributed by atoms with Gasteiger partial charge < -0.3 is 20.1 Å². The Morgan fingerprint density at radius 2 is 1.81 bits per heavy atom. The van der Waals surface area contributed by atoms with E-state index < -0.39 is 11.7 Å². The summed E-state index contributed by atoms with van der Waals surface area (Å²) in [6.45, 7) is 1.94. The second-order valence-corrected chi connectivity index (χ2v) is 7.78. The lowest BCUT2D eigenvalue weighted by Gasteiger charge is -2.35. The maximum absolute atomic E-state index is 12.9. The SMILES string of the molecule is CN1CCC(N(C)c2nc(Nc3ccc(C(F)(F)F)cc3)c3c(=O)[nH]ccc3n2)CC1. The number of hydrogen-bond acceptors (Lipinski definition) is 6. The van der Waals surface area contributed by atoms with Crippen LogP contribution in [-0.2, 0) is 6.18 Å². The van der Waals surface area contributed by atoms with Gasteiger partial charge in [-0.3, -0.25) is 4.79 Å². The average Bonchev–Trinajstić information content (AvgIpc) is 2.73. The maximum Gasteiger partial charge on any atom is 0.416 e. The van der Waals surface area contributed by atoms with Gasteiger partial charge in [0.25, 0.3) is 5.56 Å². The third kappa shape index (κ3) is 4.48. The quantitative estimate of drug-likeness (QED) is 0.656.